The molecule has 0 amide bonds. The molecule has 4 bridgehead atoms. The van der Waals surface area contributed by atoms with E-state index in [1.807, 2.05) is 12.1 Å². The molecule has 1 aromatic carbocycles. The normalized spacial score (nSPS) is 39.7. The van der Waals surface area contributed by atoms with Gasteiger partial charge in [0.05, 0.1) is 0 Å². The average molecular weight is 255 g/mol. The lowest BCUT2D eigenvalue weighted by Crippen LogP contribution is -2.45. The monoisotopic (exact) mass is 255 g/mol. The van der Waals surface area contributed by atoms with Crippen molar-refractivity contribution in [3.63, 3.8) is 0 Å². The van der Waals surface area contributed by atoms with Crippen molar-refractivity contribution in [1.82, 2.24) is 0 Å². The number of benzene rings is 1. The molecule has 0 aromatic heterocycles. The van der Waals surface area contributed by atoms with Crippen LogP contribution in [0.4, 0.5) is 5.69 Å². The molecule has 4 aliphatic rings. The van der Waals surface area contributed by atoms with Crippen LogP contribution in [0.2, 0.25) is 0 Å². The Morgan fingerprint density at radius 1 is 0.895 bits per heavy atom. The Balaban J connectivity index is 1.45. The quantitative estimate of drug-likeness (QED) is 0.802. The number of anilines is 1. The lowest BCUT2D eigenvalue weighted by atomic mass is 9.51. The molecule has 2 N–H and O–H groups in total. The lowest BCUT2D eigenvalue weighted by molar-refractivity contribution is -0.0394. The fourth-order valence-electron chi connectivity index (χ4n) is 5.59. The van der Waals surface area contributed by atoms with Crippen molar-refractivity contribution < 1.29 is 0 Å². The Morgan fingerprint density at radius 2 is 1.53 bits per heavy atom. The van der Waals surface area contributed by atoms with Gasteiger partial charge in [0, 0.05) is 5.69 Å². The number of nitrogens with two attached hydrogens (primary N) is 1. The summed E-state index contributed by atoms with van der Waals surface area (Å²) in [6, 6.07) is 8.43. The number of hydrogen-bond donors (Lipinski definition) is 1. The molecule has 0 heterocycles. The fraction of sp³-hybridized carbons (Fsp3) is 0.667. The summed E-state index contributed by atoms with van der Waals surface area (Å²) in [5, 5.41) is 0. The highest BCUT2D eigenvalue weighted by atomic mass is 14.6. The summed E-state index contributed by atoms with van der Waals surface area (Å²) < 4.78 is 0. The molecular weight excluding hydrogens is 230 g/mol. The summed E-state index contributed by atoms with van der Waals surface area (Å²) in [7, 11) is 0. The maximum Gasteiger partial charge on any atom is 0.0346 e. The topological polar surface area (TPSA) is 26.0 Å². The van der Waals surface area contributed by atoms with E-state index in [4.69, 9.17) is 5.73 Å². The van der Waals surface area contributed by atoms with Gasteiger partial charge >= 0.3 is 0 Å². The standard InChI is InChI=1S/C18H25N/c19-18-4-2-1-3-14(18)5-6-17-15-8-12-7-13(10-15)11-16(17)9-12/h1-4,12-13,15-17H,5-11,19H2. The third kappa shape index (κ3) is 2.07. The number of rotatable bonds is 3. The van der Waals surface area contributed by atoms with E-state index in [0.29, 0.717) is 0 Å². The summed E-state index contributed by atoms with van der Waals surface area (Å²) in [6.07, 6.45) is 10.3. The summed E-state index contributed by atoms with van der Waals surface area (Å²) in [5.74, 6) is 5.32. The van der Waals surface area contributed by atoms with E-state index >= 15 is 0 Å². The third-order valence-electron chi connectivity index (χ3n) is 6.22. The molecule has 0 aliphatic heterocycles. The lowest BCUT2D eigenvalue weighted by Gasteiger charge is -2.54. The van der Waals surface area contributed by atoms with E-state index in [1.165, 1.54) is 18.4 Å². The first-order chi connectivity index (χ1) is 9.29. The van der Waals surface area contributed by atoms with Crippen molar-refractivity contribution in [2.75, 3.05) is 5.73 Å². The van der Waals surface area contributed by atoms with Gasteiger partial charge in [-0.05, 0) is 86.2 Å². The number of nitrogen functional groups attached to an aromatic ring is 1. The highest BCUT2D eigenvalue weighted by Gasteiger charge is 2.47. The average Bonchev–Trinajstić information content (AvgIpc) is 2.39. The molecule has 102 valence electrons. The van der Waals surface area contributed by atoms with Crippen LogP contribution < -0.4 is 5.73 Å². The van der Waals surface area contributed by atoms with Crippen LogP contribution >= 0.6 is 0 Å². The first-order valence-corrected chi connectivity index (χ1v) is 8.13. The number of hydrogen-bond acceptors (Lipinski definition) is 1. The highest BCUT2D eigenvalue weighted by molar-refractivity contribution is 5.46. The minimum atomic E-state index is 0.992. The van der Waals surface area contributed by atoms with Crippen molar-refractivity contribution in [1.29, 1.82) is 0 Å². The summed E-state index contributed by atoms with van der Waals surface area (Å²) in [5.41, 5.74) is 8.44. The van der Waals surface area contributed by atoms with Crippen LogP contribution in [0.25, 0.3) is 0 Å². The SMILES string of the molecule is Nc1ccccc1CCC1C2CC3CC(C2)CC1C3. The Hall–Kier alpha value is -0.980. The van der Waals surface area contributed by atoms with E-state index in [-0.39, 0.29) is 0 Å². The van der Waals surface area contributed by atoms with Gasteiger partial charge in [-0.1, -0.05) is 18.2 Å². The molecular formula is C18H25N. The van der Waals surface area contributed by atoms with Crippen LogP contribution in [0.15, 0.2) is 24.3 Å². The second-order valence-electron chi connectivity index (χ2n) is 7.33. The van der Waals surface area contributed by atoms with Gasteiger partial charge in [0.2, 0.25) is 0 Å². The van der Waals surface area contributed by atoms with Crippen molar-refractivity contribution in [2.45, 2.75) is 44.9 Å². The largest absolute Gasteiger partial charge is 0.399 e. The fourth-order valence-corrected chi connectivity index (χ4v) is 5.59. The first-order valence-electron chi connectivity index (χ1n) is 8.13. The molecule has 0 radical (unpaired) electrons. The maximum atomic E-state index is 6.08. The summed E-state index contributed by atoms with van der Waals surface area (Å²) >= 11 is 0. The Morgan fingerprint density at radius 3 is 2.16 bits per heavy atom. The summed E-state index contributed by atoms with van der Waals surface area (Å²) in [4.78, 5) is 0. The van der Waals surface area contributed by atoms with Crippen LogP contribution in [0.3, 0.4) is 0 Å². The molecule has 4 aliphatic carbocycles. The van der Waals surface area contributed by atoms with Gasteiger partial charge < -0.3 is 5.73 Å². The van der Waals surface area contributed by atoms with Crippen LogP contribution in [0, 0.1) is 29.6 Å². The Labute approximate surface area is 116 Å². The Bertz CT molecular complexity index is 437. The second-order valence-corrected chi connectivity index (χ2v) is 7.33. The van der Waals surface area contributed by atoms with Gasteiger partial charge in [-0.15, -0.1) is 0 Å². The number of para-hydroxylation sites is 1. The predicted octanol–water partition coefficient (Wildman–Crippen LogP) is 4.27. The van der Waals surface area contributed by atoms with Gasteiger partial charge in [0.1, 0.15) is 0 Å². The van der Waals surface area contributed by atoms with Crippen LogP contribution in [0.5, 0.6) is 0 Å². The van der Waals surface area contributed by atoms with Crippen molar-refractivity contribution in [2.24, 2.45) is 29.6 Å². The van der Waals surface area contributed by atoms with E-state index < -0.39 is 0 Å². The molecule has 19 heavy (non-hydrogen) atoms. The molecule has 0 spiro atoms. The molecule has 0 atom stereocenters. The van der Waals surface area contributed by atoms with E-state index in [0.717, 1.165) is 35.3 Å². The smallest absolute Gasteiger partial charge is 0.0346 e. The molecule has 1 nitrogen and oxygen atoms in total. The van der Waals surface area contributed by atoms with Crippen molar-refractivity contribution in [3.8, 4) is 0 Å². The van der Waals surface area contributed by atoms with E-state index in [2.05, 4.69) is 12.1 Å². The highest BCUT2D eigenvalue weighted by Crippen LogP contribution is 2.57. The molecule has 0 unspecified atom stereocenters. The first kappa shape index (κ1) is 11.8. The minimum absolute atomic E-state index is 0.992. The van der Waals surface area contributed by atoms with Gasteiger partial charge in [0.25, 0.3) is 0 Å². The van der Waals surface area contributed by atoms with Crippen LogP contribution in [0.1, 0.15) is 44.1 Å². The number of aryl methyl sites for hydroxylation is 1. The minimum Gasteiger partial charge on any atom is -0.399 e. The van der Waals surface area contributed by atoms with Gasteiger partial charge in [-0.2, -0.15) is 0 Å². The van der Waals surface area contributed by atoms with Crippen molar-refractivity contribution in [3.05, 3.63) is 29.8 Å². The maximum absolute atomic E-state index is 6.08. The zero-order valence-electron chi connectivity index (χ0n) is 11.7. The zero-order chi connectivity index (χ0) is 12.8. The zero-order valence-corrected chi connectivity index (χ0v) is 11.7. The molecule has 5 rings (SSSR count). The summed E-state index contributed by atoms with van der Waals surface area (Å²) in [6.45, 7) is 0. The molecule has 1 aromatic rings. The van der Waals surface area contributed by atoms with E-state index in [1.54, 1.807) is 32.1 Å². The molecule has 4 saturated carbocycles. The van der Waals surface area contributed by atoms with Gasteiger partial charge in [0.15, 0.2) is 0 Å². The second kappa shape index (κ2) is 4.54. The van der Waals surface area contributed by atoms with Crippen molar-refractivity contribution >= 4 is 5.69 Å². The predicted molar refractivity (Wildman–Crippen MR) is 79.7 cm³/mol. The van der Waals surface area contributed by atoms with E-state index in [9.17, 15) is 0 Å². The van der Waals surface area contributed by atoms with Crippen LogP contribution in [-0.2, 0) is 6.42 Å². The third-order valence-corrected chi connectivity index (χ3v) is 6.22. The van der Waals surface area contributed by atoms with Crippen LogP contribution in [-0.4, -0.2) is 0 Å². The van der Waals surface area contributed by atoms with Gasteiger partial charge in [-0.3, -0.25) is 0 Å². The molecule has 1 heteroatoms. The Kier molecular flexibility index (Phi) is 2.82. The molecule has 0 saturated heterocycles. The van der Waals surface area contributed by atoms with Gasteiger partial charge in [-0.25, -0.2) is 0 Å². The molecule has 4 fully saturated rings.